The highest BCUT2D eigenvalue weighted by Gasteiger charge is 2.32. The van der Waals surface area contributed by atoms with Crippen molar-refractivity contribution in [2.24, 2.45) is 0 Å². The number of Topliss-reactive ketones (excluding diaryl/α,β-unsaturated/α-hetero) is 1. The van der Waals surface area contributed by atoms with Gasteiger partial charge in [-0.05, 0) is 25.5 Å². The first-order valence-corrected chi connectivity index (χ1v) is 6.94. The van der Waals surface area contributed by atoms with Gasteiger partial charge in [-0.15, -0.1) is 0 Å². The van der Waals surface area contributed by atoms with Crippen LogP contribution < -0.4 is 0 Å². The van der Waals surface area contributed by atoms with Crippen molar-refractivity contribution in [3.63, 3.8) is 0 Å². The molecule has 1 aliphatic rings. The molecule has 1 aromatic rings. The van der Waals surface area contributed by atoms with Gasteiger partial charge in [0.25, 0.3) is 0 Å². The molecule has 0 unspecified atom stereocenters. The molecule has 1 aliphatic heterocycles. The fourth-order valence-corrected chi connectivity index (χ4v) is 3.67. The van der Waals surface area contributed by atoms with Gasteiger partial charge in [0.1, 0.15) is 5.78 Å². The highest BCUT2D eigenvalue weighted by molar-refractivity contribution is 7.89. The molecule has 0 N–H and O–H groups in total. The molecule has 1 aromatic carbocycles. The Morgan fingerprint density at radius 3 is 2.47 bits per heavy atom. The van der Waals surface area contributed by atoms with E-state index in [2.05, 4.69) is 0 Å². The summed E-state index contributed by atoms with van der Waals surface area (Å²) in [4.78, 5) is 11.5. The second-order valence-electron chi connectivity index (χ2n) is 4.40. The molecule has 1 saturated heterocycles. The lowest BCUT2D eigenvalue weighted by Gasteiger charge is -2.16. The molecular weight excluding hydrogens is 238 g/mol. The lowest BCUT2D eigenvalue weighted by molar-refractivity contribution is -0.116. The van der Waals surface area contributed by atoms with Gasteiger partial charge in [-0.2, -0.15) is 4.31 Å². The standard InChI is InChI=1S/C12H15NO3S/c1-9-3-4-12(10(2)7-9)17(15,16)13-6-5-11(14)8-13/h3-4,7H,5-6,8H2,1-2H3. The van der Waals surface area contributed by atoms with Crippen LogP contribution in [0, 0.1) is 13.8 Å². The van der Waals surface area contributed by atoms with Crippen LogP contribution in [0.5, 0.6) is 0 Å². The number of benzene rings is 1. The van der Waals surface area contributed by atoms with Crippen LogP contribution in [0.1, 0.15) is 17.5 Å². The molecule has 2 rings (SSSR count). The molecule has 0 bridgehead atoms. The fourth-order valence-electron chi connectivity index (χ4n) is 2.04. The summed E-state index contributed by atoms with van der Waals surface area (Å²) in [6, 6.07) is 5.23. The number of hydrogen-bond acceptors (Lipinski definition) is 3. The first kappa shape index (κ1) is 12.3. The third kappa shape index (κ3) is 2.25. The minimum atomic E-state index is -3.51. The van der Waals surface area contributed by atoms with E-state index in [1.54, 1.807) is 19.1 Å². The fraction of sp³-hybridized carbons (Fsp3) is 0.417. The summed E-state index contributed by atoms with van der Waals surface area (Å²) in [5.74, 6) is -0.0154. The Kier molecular flexibility index (Phi) is 3.05. The lowest BCUT2D eigenvalue weighted by atomic mass is 10.2. The molecule has 5 heteroatoms. The van der Waals surface area contributed by atoms with Gasteiger partial charge in [-0.1, -0.05) is 17.7 Å². The van der Waals surface area contributed by atoms with Crippen LogP contribution in [0.2, 0.25) is 0 Å². The van der Waals surface area contributed by atoms with E-state index in [-0.39, 0.29) is 12.3 Å². The molecule has 0 spiro atoms. The molecule has 0 aromatic heterocycles. The SMILES string of the molecule is Cc1ccc(S(=O)(=O)N2CCC(=O)C2)c(C)c1. The van der Waals surface area contributed by atoms with Crippen molar-refractivity contribution >= 4 is 15.8 Å². The van der Waals surface area contributed by atoms with Crippen LogP contribution in [0.15, 0.2) is 23.1 Å². The van der Waals surface area contributed by atoms with Gasteiger partial charge in [-0.25, -0.2) is 8.42 Å². The summed E-state index contributed by atoms with van der Waals surface area (Å²) >= 11 is 0. The quantitative estimate of drug-likeness (QED) is 0.797. The zero-order valence-electron chi connectivity index (χ0n) is 9.93. The molecule has 0 amide bonds. The van der Waals surface area contributed by atoms with Gasteiger partial charge in [0.05, 0.1) is 11.4 Å². The first-order chi connectivity index (χ1) is 7.91. The molecule has 4 nitrogen and oxygen atoms in total. The lowest BCUT2D eigenvalue weighted by Crippen LogP contribution is -2.29. The highest BCUT2D eigenvalue weighted by Crippen LogP contribution is 2.23. The van der Waals surface area contributed by atoms with Crippen molar-refractivity contribution in [2.75, 3.05) is 13.1 Å². The number of carbonyl (C=O) groups excluding carboxylic acids is 1. The number of rotatable bonds is 2. The molecule has 0 saturated carbocycles. The van der Waals surface area contributed by atoms with Crippen LogP contribution in [0.4, 0.5) is 0 Å². The van der Waals surface area contributed by atoms with Gasteiger partial charge in [0.15, 0.2) is 0 Å². The minimum absolute atomic E-state index is 0.00957. The Labute approximate surface area is 101 Å². The number of sulfonamides is 1. The van der Waals surface area contributed by atoms with Crippen molar-refractivity contribution < 1.29 is 13.2 Å². The Morgan fingerprint density at radius 1 is 1.24 bits per heavy atom. The number of nitrogens with zero attached hydrogens (tertiary/aromatic N) is 1. The molecule has 0 radical (unpaired) electrons. The van der Waals surface area contributed by atoms with Crippen molar-refractivity contribution in [3.05, 3.63) is 29.3 Å². The molecule has 17 heavy (non-hydrogen) atoms. The second kappa shape index (κ2) is 4.23. The maximum Gasteiger partial charge on any atom is 0.243 e. The largest absolute Gasteiger partial charge is 0.298 e. The summed E-state index contributed by atoms with van der Waals surface area (Å²) in [7, 11) is -3.51. The molecule has 0 aliphatic carbocycles. The van der Waals surface area contributed by atoms with Gasteiger partial charge in [-0.3, -0.25) is 4.79 Å². The normalized spacial score (nSPS) is 17.6. The van der Waals surface area contributed by atoms with E-state index >= 15 is 0 Å². The Bertz CT molecular complexity index is 563. The highest BCUT2D eigenvalue weighted by atomic mass is 32.2. The van der Waals surface area contributed by atoms with Gasteiger partial charge in [0, 0.05) is 13.0 Å². The predicted octanol–water partition coefficient (Wildman–Crippen LogP) is 1.27. The molecule has 92 valence electrons. The van der Waals surface area contributed by atoms with Crippen molar-refractivity contribution in [1.82, 2.24) is 4.31 Å². The maximum atomic E-state index is 12.3. The van der Waals surface area contributed by atoms with Crippen LogP contribution in [-0.2, 0) is 14.8 Å². The second-order valence-corrected chi connectivity index (χ2v) is 6.30. The van der Waals surface area contributed by atoms with E-state index in [9.17, 15) is 13.2 Å². The Morgan fingerprint density at radius 2 is 1.94 bits per heavy atom. The van der Waals surface area contributed by atoms with E-state index in [1.165, 1.54) is 4.31 Å². The topological polar surface area (TPSA) is 54.5 Å². The van der Waals surface area contributed by atoms with Gasteiger partial charge >= 0.3 is 0 Å². The zero-order chi connectivity index (χ0) is 12.6. The smallest absolute Gasteiger partial charge is 0.243 e. The number of ketones is 1. The zero-order valence-corrected chi connectivity index (χ0v) is 10.8. The van der Waals surface area contributed by atoms with Crippen molar-refractivity contribution in [2.45, 2.75) is 25.2 Å². The Balaban J connectivity index is 2.41. The van der Waals surface area contributed by atoms with Crippen LogP contribution in [0.25, 0.3) is 0 Å². The molecule has 0 atom stereocenters. The monoisotopic (exact) mass is 253 g/mol. The van der Waals surface area contributed by atoms with Crippen LogP contribution >= 0.6 is 0 Å². The van der Waals surface area contributed by atoms with E-state index in [0.717, 1.165) is 11.1 Å². The maximum absolute atomic E-state index is 12.3. The summed E-state index contributed by atoms with van der Waals surface area (Å²) in [5, 5.41) is 0. The molecule has 1 heterocycles. The van der Waals surface area contributed by atoms with E-state index in [4.69, 9.17) is 0 Å². The van der Waals surface area contributed by atoms with Gasteiger partial charge < -0.3 is 0 Å². The Hall–Kier alpha value is -1.20. The average molecular weight is 253 g/mol. The predicted molar refractivity (Wildman–Crippen MR) is 64.3 cm³/mol. The minimum Gasteiger partial charge on any atom is -0.298 e. The average Bonchev–Trinajstić information content (AvgIpc) is 2.64. The van der Waals surface area contributed by atoms with E-state index in [0.29, 0.717) is 17.9 Å². The third-order valence-electron chi connectivity index (χ3n) is 2.94. The summed E-state index contributed by atoms with van der Waals surface area (Å²) in [5.41, 5.74) is 1.75. The number of hydrogen-bond donors (Lipinski definition) is 0. The first-order valence-electron chi connectivity index (χ1n) is 5.50. The molecular formula is C12H15NO3S. The van der Waals surface area contributed by atoms with Crippen molar-refractivity contribution in [3.8, 4) is 0 Å². The summed E-state index contributed by atoms with van der Waals surface area (Å²) in [6.45, 7) is 4.00. The number of aryl methyl sites for hydroxylation is 2. The van der Waals surface area contributed by atoms with Gasteiger partial charge in [0.2, 0.25) is 10.0 Å². The summed E-state index contributed by atoms with van der Waals surface area (Å²) < 4.78 is 25.8. The van der Waals surface area contributed by atoms with E-state index in [1.807, 2.05) is 13.0 Å². The van der Waals surface area contributed by atoms with E-state index < -0.39 is 10.0 Å². The van der Waals surface area contributed by atoms with Crippen molar-refractivity contribution in [1.29, 1.82) is 0 Å². The summed E-state index contributed by atoms with van der Waals surface area (Å²) in [6.07, 6.45) is 0.324. The number of carbonyl (C=O) groups is 1. The molecule has 1 fully saturated rings. The third-order valence-corrected chi connectivity index (χ3v) is 4.95. The van der Waals surface area contributed by atoms with Crippen LogP contribution in [-0.4, -0.2) is 31.6 Å². The van der Waals surface area contributed by atoms with Crippen LogP contribution in [0.3, 0.4) is 0 Å².